The van der Waals surface area contributed by atoms with Gasteiger partial charge in [0, 0.05) is 0 Å². The fraction of sp³-hybridized carbons (Fsp3) is 1.00. The third-order valence-corrected chi connectivity index (χ3v) is 6.21. The molecule has 0 aromatic rings. The smallest absolute Gasteiger partial charge is 0.748 e. The quantitative estimate of drug-likeness (QED) is 0.212. The Morgan fingerprint density at radius 3 is 1.54 bits per heavy atom. The molecule has 1 N–H and O–H groups in total. The molecule has 0 bridgehead atoms. The van der Waals surface area contributed by atoms with E-state index in [1.165, 1.54) is 51.4 Å². The number of aliphatic hydroxyl groups is 1. The summed E-state index contributed by atoms with van der Waals surface area (Å²) in [7, 11) is -4.31. The molecule has 0 aromatic carbocycles. The van der Waals surface area contributed by atoms with Crippen LogP contribution in [-0.2, 0) is 10.1 Å². The minimum atomic E-state index is -4.31. The van der Waals surface area contributed by atoms with Gasteiger partial charge in [-0.05, 0) is 19.3 Å². The maximum Gasteiger partial charge on any atom is 1.00 e. The number of hydrogen-bond acceptors (Lipinski definition) is 4. The van der Waals surface area contributed by atoms with Crippen LogP contribution in [-0.4, -0.2) is 29.4 Å². The van der Waals surface area contributed by atoms with E-state index < -0.39 is 21.5 Å². The Bertz CT molecular complexity index is 387. The Morgan fingerprint density at radius 2 is 1.12 bits per heavy atom. The summed E-state index contributed by atoms with van der Waals surface area (Å²) in [5, 5.41) is 9.16. The molecular weight excluding hydrogens is 375 g/mol. The second-order valence-electron chi connectivity index (χ2n) is 7.47. The molecule has 0 amide bonds. The Kier molecular flexibility index (Phi) is 22.6. The second-order valence-corrected chi connectivity index (χ2v) is 9.12. The van der Waals surface area contributed by atoms with Gasteiger partial charge in [-0.2, -0.15) is 0 Å². The van der Waals surface area contributed by atoms with Gasteiger partial charge in [0.2, 0.25) is 0 Å². The zero-order valence-electron chi connectivity index (χ0n) is 17.5. The largest absolute Gasteiger partial charge is 1.00 e. The van der Waals surface area contributed by atoms with Crippen molar-refractivity contribution in [1.82, 2.24) is 0 Å². The Labute approximate surface area is 205 Å². The zero-order valence-corrected chi connectivity index (χ0v) is 21.5. The minimum Gasteiger partial charge on any atom is -0.748 e. The number of rotatable bonds is 18. The predicted molar refractivity (Wildman–Crippen MR) is 105 cm³/mol. The molecule has 0 heterocycles. The van der Waals surface area contributed by atoms with Crippen LogP contribution in [0, 0.1) is 0 Å². The van der Waals surface area contributed by atoms with E-state index >= 15 is 0 Å². The molecule has 6 heteroatoms. The fourth-order valence-corrected chi connectivity index (χ4v) is 4.20. The number of aliphatic hydroxyl groups excluding tert-OH is 1. The molecule has 0 radical (unpaired) electrons. The Hall–Kier alpha value is 1.51. The third-order valence-electron chi connectivity index (χ3n) is 4.96. The van der Waals surface area contributed by atoms with Crippen molar-refractivity contribution in [2.24, 2.45) is 0 Å². The normalized spacial score (nSPS) is 14.0. The van der Waals surface area contributed by atoms with Crippen LogP contribution >= 0.6 is 0 Å². The maximum atomic E-state index is 11.5. The van der Waals surface area contributed by atoms with Gasteiger partial charge in [0.05, 0.1) is 21.5 Å². The topological polar surface area (TPSA) is 77.4 Å². The first-order valence-corrected chi connectivity index (χ1v) is 12.0. The van der Waals surface area contributed by atoms with E-state index in [1.54, 1.807) is 0 Å². The van der Waals surface area contributed by atoms with Gasteiger partial charge < -0.3 is 9.66 Å². The predicted octanol–water partition coefficient (Wildman–Crippen LogP) is 2.55. The summed E-state index contributed by atoms with van der Waals surface area (Å²) in [4.78, 5) is 0. The molecule has 2 atom stereocenters. The molecule has 0 fully saturated rings. The second kappa shape index (κ2) is 19.8. The van der Waals surface area contributed by atoms with Crippen molar-refractivity contribution in [3.63, 3.8) is 0 Å². The van der Waals surface area contributed by atoms with Crippen LogP contribution in [0.2, 0.25) is 0 Å². The molecule has 0 saturated heterocycles. The molecule has 0 aromatic heterocycles. The van der Waals surface area contributed by atoms with Crippen LogP contribution in [0.1, 0.15) is 117 Å². The average Bonchev–Trinajstić information content (AvgIpc) is 2.55. The molecule has 26 heavy (non-hydrogen) atoms. The van der Waals surface area contributed by atoms with Gasteiger partial charge in [0.1, 0.15) is 0 Å². The average molecular weight is 417 g/mol. The van der Waals surface area contributed by atoms with E-state index in [9.17, 15) is 18.1 Å². The Morgan fingerprint density at radius 1 is 0.731 bits per heavy atom. The van der Waals surface area contributed by atoms with Crippen LogP contribution in [0.15, 0.2) is 0 Å². The van der Waals surface area contributed by atoms with E-state index in [1.807, 2.05) is 0 Å². The SMILES string of the molecule is CCCCCCCCCC(CC(O)CCCCCCCC)S(=O)(=O)[O-].[K+]. The van der Waals surface area contributed by atoms with Gasteiger partial charge in [-0.15, -0.1) is 0 Å². The van der Waals surface area contributed by atoms with E-state index in [0.717, 1.165) is 32.1 Å². The van der Waals surface area contributed by atoms with Gasteiger partial charge in [-0.25, -0.2) is 8.42 Å². The van der Waals surface area contributed by atoms with Crippen molar-refractivity contribution < 1.29 is 69.5 Å². The van der Waals surface area contributed by atoms with E-state index in [0.29, 0.717) is 12.8 Å². The summed E-state index contributed by atoms with van der Waals surface area (Å²) in [5.74, 6) is 0. The molecule has 0 rings (SSSR count). The molecule has 0 saturated carbocycles. The molecule has 0 aliphatic rings. The summed E-state index contributed by atoms with van der Waals surface area (Å²) in [6, 6.07) is 0. The van der Waals surface area contributed by atoms with E-state index in [-0.39, 0.29) is 57.8 Å². The first-order chi connectivity index (χ1) is 11.9. The number of unbranched alkanes of at least 4 members (excludes halogenated alkanes) is 11. The van der Waals surface area contributed by atoms with Crippen molar-refractivity contribution in [3.8, 4) is 0 Å². The summed E-state index contributed by atoms with van der Waals surface area (Å²) >= 11 is 0. The zero-order chi connectivity index (χ0) is 19.0. The number of hydrogen-bond donors (Lipinski definition) is 1. The molecule has 4 nitrogen and oxygen atoms in total. The van der Waals surface area contributed by atoms with Crippen molar-refractivity contribution >= 4 is 10.1 Å². The van der Waals surface area contributed by atoms with Crippen LogP contribution in [0.5, 0.6) is 0 Å². The maximum absolute atomic E-state index is 11.5. The monoisotopic (exact) mass is 416 g/mol. The molecule has 0 spiro atoms. The van der Waals surface area contributed by atoms with Crippen molar-refractivity contribution in [1.29, 1.82) is 0 Å². The van der Waals surface area contributed by atoms with Crippen LogP contribution in [0.3, 0.4) is 0 Å². The van der Waals surface area contributed by atoms with Crippen LogP contribution in [0.25, 0.3) is 0 Å². The fourth-order valence-electron chi connectivity index (χ4n) is 3.29. The van der Waals surface area contributed by atoms with Gasteiger partial charge in [0.15, 0.2) is 0 Å². The van der Waals surface area contributed by atoms with Crippen LogP contribution in [0.4, 0.5) is 0 Å². The summed E-state index contributed by atoms with van der Waals surface area (Å²) in [6.45, 7) is 4.36. The van der Waals surface area contributed by atoms with Gasteiger partial charge in [0.25, 0.3) is 0 Å². The molecule has 0 aliphatic heterocycles. The minimum absolute atomic E-state index is 0. The summed E-state index contributed by atoms with van der Waals surface area (Å²) in [6.07, 6.45) is 15.0. The molecule has 2 unspecified atom stereocenters. The first kappa shape index (κ1) is 29.7. The van der Waals surface area contributed by atoms with Crippen molar-refractivity contribution in [2.45, 2.75) is 128 Å². The summed E-state index contributed by atoms with van der Waals surface area (Å²) < 4.78 is 34.4. The standard InChI is InChI=1S/C20H42O4S.K/c1-3-5-7-9-11-13-15-17-20(25(22,23)24)18-19(21)16-14-12-10-8-6-4-2;/h19-21H,3-18H2,1-2H3,(H,22,23,24);/q;+1/p-1. The molecular formula is C20H41KO4S. The van der Waals surface area contributed by atoms with Crippen molar-refractivity contribution in [3.05, 3.63) is 0 Å². The van der Waals surface area contributed by atoms with E-state index in [4.69, 9.17) is 0 Å². The Balaban J connectivity index is 0. The van der Waals surface area contributed by atoms with Crippen molar-refractivity contribution in [2.75, 3.05) is 0 Å². The van der Waals surface area contributed by atoms with Gasteiger partial charge in [-0.1, -0.05) is 97.3 Å². The third kappa shape index (κ3) is 18.9. The summed E-state index contributed by atoms with van der Waals surface area (Å²) in [5.41, 5.74) is 0. The molecule has 0 aliphatic carbocycles. The van der Waals surface area contributed by atoms with Crippen LogP contribution < -0.4 is 51.4 Å². The van der Waals surface area contributed by atoms with Gasteiger partial charge in [-0.3, -0.25) is 0 Å². The molecule has 152 valence electrons. The first-order valence-electron chi connectivity index (χ1n) is 10.5. The van der Waals surface area contributed by atoms with Gasteiger partial charge >= 0.3 is 51.4 Å². The van der Waals surface area contributed by atoms with E-state index in [2.05, 4.69) is 13.8 Å².